The zero-order valence-corrected chi connectivity index (χ0v) is 7.33. The Labute approximate surface area is 71.4 Å². The molecule has 0 spiro atoms. The molecule has 2 N–H and O–H groups in total. The average molecular weight is 174 g/mol. The van der Waals surface area contributed by atoms with Gasteiger partial charge < -0.3 is 15.3 Å². The molecule has 70 valence electrons. The van der Waals surface area contributed by atoms with E-state index < -0.39 is 5.97 Å². The number of hydrogen-bond donors (Lipinski definition) is 2. The number of nitrogens with one attached hydrogen (secondary N) is 1. The molecule has 5 nitrogen and oxygen atoms in total. The molecule has 0 rings (SSSR count). The summed E-state index contributed by atoms with van der Waals surface area (Å²) >= 11 is 0. The van der Waals surface area contributed by atoms with Crippen LogP contribution in [0.3, 0.4) is 0 Å². The summed E-state index contributed by atoms with van der Waals surface area (Å²) in [4.78, 5) is 22.4. The number of aliphatic carboxylic acids is 1. The minimum atomic E-state index is -0.990. The second kappa shape index (κ2) is 5.54. The van der Waals surface area contributed by atoms with E-state index in [1.54, 1.807) is 7.05 Å². The Kier molecular flexibility index (Phi) is 5.03. The highest BCUT2D eigenvalue weighted by Gasteiger charge is 2.10. The number of likely N-dealkylation sites (N-methyl/N-ethyl adjacent to an activating group) is 1. The summed E-state index contributed by atoms with van der Waals surface area (Å²) in [6.07, 6.45) is 0.334. The summed E-state index contributed by atoms with van der Waals surface area (Å²) < 4.78 is 0. The Morgan fingerprint density at radius 3 is 2.50 bits per heavy atom. The Morgan fingerprint density at radius 2 is 2.08 bits per heavy atom. The average Bonchev–Trinajstić information content (AvgIpc) is 1.98. The molecule has 0 saturated carbocycles. The van der Waals surface area contributed by atoms with E-state index >= 15 is 0 Å². The van der Waals surface area contributed by atoms with Gasteiger partial charge in [0.15, 0.2) is 0 Å². The molecule has 0 bridgehead atoms. The van der Waals surface area contributed by atoms with E-state index in [1.165, 1.54) is 11.9 Å². The highest BCUT2D eigenvalue weighted by atomic mass is 16.4. The van der Waals surface area contributed by atoms with Crippen molar-refractivity contribution in [1.29, 1.82) is 0 Å². The van der Waals surface area contributed by atoms with Crippen LogP contribution in [-0.4, -0.2) is 49.1 Å². The third-order valence-corrected chi connectivity index (χ3v) is 1.39. The predicted octanol–water partition coefficient (Wildman–Crippen LogP) is -0.861. The number of amides is 1. The second-order valence-electron chi connectivity index (χ2n) is 2.50. The molecule has 0 aromatic carbocycles. The van der Waals surface area contributed by atoms with E-state index in [9.17, 15) is 9.59 Å². The predicted molar refractivity (Wildman–Crippen MR) is 43.8 cm³/mol. The van der Waals surface area contributed by atoms with Gasteiger partial charge in [0.1, 0.15) is 6.54 Å². The first kappa shape index (κ1) is 10.9. The molecule has 0 radical (unpaired) electrons. The summed E-state index contributed by atoms with van der Waals surface area (Å²) in [5.74, 6) is -1.15. The number of rotatable bonds is 5. The maximum absolute atomic E-state index is 11.1. The van der Waals surface area contributed by atoms with E-state index in [1.807, 2.05) is 0 Å². The summed E-state index contributed by atoms with van der Waals surface area (Å²) in [6, 6.07) is 0. The minimum absolute atomic E-state index is 0.160. The van der Waals surface area contributed by atoms with Gasteiger partial charge in [-0.05, 0) is 7.05 Å². The minimum Gasteiger partial charge on any atom is -0.480 e. The Morgan fingerprint density at radius 1 is 1.50 bits per heavy atom. The van der Waals surface area contributed by atoms with Gasteiger partial charge in [-0.25, -0.2) is 0 Å². The van der Waals surface area contributed by atoms with E-state index in [0.29, 0.717) is 13.0 Å². The van der Waals surface area contributed by atoms with E-state index in [0.717, 1.165) is 0 Å². The van der Waals surface area contributed by atoms with Gasteiger partial charge in [-0.1, -0.05) is 0 Å². The fourth-order valence-electron chi connectivity index (χ4n) is 0.714. The van der Waals surface area contributed by atoms with Gasteiger partial charge in [-0.2, -0.15) is 0 Å². The number of carbonyl (C=O) groups is 2. The van der Waals surface area contributed by atoms with Crippen molar-refractivity contribution in [3.63, 3.8) is 0 Å². The molecular formula is C7H14N2O3. The van der Waals surface area contributed by atoms with Gasteiger partial charge in [0.25, 0.3) is 0 Å². The van der Waals surface area contributed by atoms with Crippen LogP contribution in [0.5, 0.6) is 0 Å². The lowest BCUT2D eigenvalue weighted by atomic mass is 10.3. The number of carbonyl (C=O) groups excluding carboxylic acids is 1. The highest BCUT2D eigenvalue weighted by Crippen LogP contribution is 1.88. The number of carboxylic acid groups (broad SMARTS) is 1. The van der Waals surface area contributed by atoms with Crippen molar-refractivity contribution in [1.82, 2.24) is 10.2 Å². The molecule has 0 saturated heterocycles. The quantitative estimate of drug-likeness (QED) is 0.569. The van der Waals surface area contributed by atoms with E-state index in [-0.39, 0.29) is 12.5 Å². The van der Waals surface area contributed by atoms with Crippen LogP contribution in [0.25, 0.3) is 0 Å². The van der Waals surface area contributed by atoms with Crippen LogP contribution in [0.15, 0.2) is 0 Å². The molecule has 0 aliphatic rings. The fraction of sp³-hybridized carbons (Fsp3) is 0.714. The lowest BCUT2D eigenvalue weighted by Gasteiger charge is -2.13. The summed E-state index contributed by atoms with van der Waals surface area (Å²) in [5.41, 5.74) is 0. The van der Waals surface area contributed by atoms with Gasteiger partial charge >= 0.3 is 5.97 Å². The molecule has 12 heavy (non-hydrogen) atoms. The Bertz CT molecular complexity index is 170. The summed E-state index contributed by atoms with van der Waals surface area (Å²) in [6.45, 7) is 0.339. The van der Waals surface area contributed by atoms with Crippen molar-refractivity contribution in [2.75, 3.05) is 27.2 Å². The third-order valence-electron chi connectivity index (χ3n) is 1.39. The Balaban J connectivity index is 3.69. The molecule has 0 fully saturated rings. The molecule has 0 atom stereocenters. The topological polar surface area (TPSA) is 69.6 Å². The van der Waals surface area contributed by atoms with Gasteiger partial charge in [0, 0.05) is 20.0 Å². The molecular weight excluding hydrogens is 160 g/mol. The largest absolute Gasteiger partial charge is 0.480 e. The Hall–Kier alpha value is -1.10. The van der Waals surface area contributed by atoms with Gasteiger partial charge in [0.05, 0.1) is 0 Å². The van der Waals surface area contributed by atoms with Crippen molar-refractivity contribution in [3.05, 3.63) is 0 Å². The molecule has 0 aromatic rings. The molecule has 0 unspecified atom stereocenters. The lowest BCUT2D eigenvalue weighted by molar-refractivity contribution is -0.143. The first-order chi connectivity index (χ1) is 5.57. The van der Waals surface area contributed by atoms with Crippen LogP contribution in [0, 0.1) is 0 Å². The summed E-state index contributed by atoms with van der Waals surface area (Å²) in [7, 11) is 3.22. The zero-order valence-electron chi connectivity index (χ0n) is 7.33. The number of hydrogen-bond acceptors (Lipinski definition) is 3. The third kappa shape index (κ3) is 4.68. The molecule has 0 aliphatic heterocycles. The lowest BCUT2D eigenvalue weighted by Crippen LogP contribution is -2.33. The molecule has 0 aromatic heterocycles. The highest BCUT2D eigenvalue weighted by molar-refractivity contribution is 5.81. The van der Waals surface area contributed by atoms with Crippen LogP contribution in [-0.2, 0) is 9.59 Å². The molecule has 5 heteroatoms. The van der Waals surface area contributed by atoms with Crippen molar-refractivity contribution >= 4 is 11.9 Å². The van der Waals surface area contributed by atoms with Crippen LogP contribution in [0.4, 0.5) is 0 Å². The van der Waals surface area contributed by atoms with Crippen LogP contribution >= 0.6 is 0 Å². The van der Waals surface area contributed by atoms with Crippen molar-refractivity contribution in [2.24, 2.45) is 0 Å². The van der Waals surface area contributed by atoms with Crippen molar-refractivity contribution in [2.45, 2.75) is 6.42 Å². The smallest absolute Gasteiger partial charge is 0.323 e. The van der Waals surface area contributed by atoms with Crippen LogP contribution in [0.1, 0.15) is 6.42 Å². The first-order valence-corrected chi connectivity index (χ1v) is 3.68. The van der Waals surface area contributed by atoms with Gasteiger partial charge in [-0.15, -0.1) is 0 Å². The normalized spacial score (nSPS) is 9.50. The maximum Gasteiger partial charge on any atom is 0.323 e. The summed E-state index contributed by atoms with van der Waals surface area (Å²) in [5, 5.41) is 11.2. The monoisotopic (exact) mass is 174 g/mol. The van der Waals surface area contributed by atoms with Crippen molar-refractivity contribution < 1.29 is 14.7 Å². The van der Waals surface area contributed by atoms with E-state index in [2.05, 4.69) is 5.32 Å². The molecule has 0 aliphatic carbocycles. The number of nitrogens with zero attached hydrogens (tertiary/aromatic N) is 1. The van der Waals surface area contributed by atoms with E-state index in [4.69, 9.17) is 5.11 Å². The first-order valence-electron chi connectivity index (χ1n) is 3.68. The van der Waals surface area contributed by atoms with Crippen LogP contribution in [0.2, 0.25) is 0 Å². The van der Waals surface area contributed by atoms with Crippen LogP contribution < -0.4 is 5.32 Å². The zero-order chi connectivity index (χ0) is 9.56. The molecule has 1 amide bonds. The fourth-order valence-corrected chi connectivity index (χ4v) is 0.714. The van der Waals surface area contributed by atoms with Gasteiger partial charge in [0.2, 0.25) is 5.91 Å². The van der Waals surface area contributed by atoms with Gasteiger partial charge in [-0.3, -0.25) is 9.59 Å². The second-order valence-corrected chi connectivity index (χ2v) is 2.50. The number of carboxylic acids is 1. The maximum atomic E-state index is 11.1. The van der Waals surface area contributed by atoms with Crippen molar-refractivity contribution in [3.8, 4) is 0 Å². The molecule has 0 heterocycles. The SMILES string of the molecule is CNCCC(=O)N(C)CC(=O)O. The standard InChI is InChI=1S/C7H14N2O3/c1-8-4-3-6(10)9(2)5-7(11)12/h8H,3-5H2,1-2H3,(H,11,12).